The van der Waals surface area contributed by atoms with Gasteiger partial charge < -0.3 is 4.90 Å². The summed E-state index contributed by atoms with van der Waals surface area (Å²) in [5.74, 6) is -0.276. The summed E-state index contributed by atoms with van der Waals surface area (Å²) in [6.45, 7) is 0. The van der Waals surface area contributed by atoms with Crippen LogP contribution in [0.1, 0.15) is 10.4 Å². The first-order chi connectivity index (χ1) is 12.4. The Kier molecular flexibility index (Phi) is 4.90. The van der Waals surface area contributed by atoms with Crippen molar-refractivity contribution in [2.75, 3.05) is 24.3 Å². The molecule has 1 aromatic heterocycles. The molecule has 2 aromatic carbocycles. The van der Waals surface area contributed by atoms with E-state index in [-0.39, 0.29) is 11.6 Å². The van der Waals surface area contributed by atoms with Gasteiger partial charge in [-0.25, -0.2) is 0 Å². The van der Waals surface area contributed by atoms with E-state index in [0.29, 0.717) is 21.3 Å². The van der Waals surface area contributed by atoms with Gasteiger partial charge in [-0.05, 0) is 36.4 Å². The van der Waals surface area contributed by atoms with E-state index in [9.17, 15) is 14.9 Å². The quantitative estimate of drug-likeness (QED) is 0.546. The number of carbonyl (C=O) groups is 1. The number of non-ortho nitro benzene ring substituents is 1. The molecule has 0 bridgehead atoms. The predicted molar refractivity (Wildman–Crippen MR) is 101 cm³/mol. The molecule has 0 saturated heterocycles. The van der Waals surface area contributed by atoms with E-state index in [0.717, 1.165) is 5.69 Å². The highest BCUT2D eigenvalue weighted by molar-refractivity contribution is 7.18. The van der Waals surface area contributed by atoms with Crippen LogP contribution >= 0.6 is 11.3 Å². The molecule has 0 spiro atoms. The number of benzene rings is 2. The van der Waals surface area contributed by atoms with Gasteiger partial charge in [0.1, 0.15) is 5.01 Å². The third-order valence-corrected chi connectivity index (χ3v) is 4.50. The maximum absolute atomic E-state index is 12.3. The number of hydrogen-bond donors (Lipinski definition) is 1. The average molecular weight is 369 g/mol. The minimum absolute atomic E-state index is 0.00737. The monoisotopic (exact) mass is 369 g/mol. The largest absolute Gasteiger partial charge is 0.378 e. The van der Waals surface area contributed by atoms with Crippen molar-refractivity contribution >= 4 is 33.8 Å². The molecule has 26 heavy (non-hydrogen) atoms. The van der Waals surface area contributed by atoms with Gasteiger partial charge in [0.25, 0.3) is 11.6 Å². The van der Waals surface area contributed by atoms with Gasteiger partial charge in [0.05, 0.1) is 4.92 Å². The maximum atomic E-state index is 12.3. The molecule has 0 aliphatic heterocycles. The minimum atomic E-state index is -0.461. The Balaban J connectivity index is 1.71. The minimum Gasteiger partial charge on any atom is -0.378 e. The second kappa shape index (κ2) is 7.28. The van der Waals surface area contributed by atoms with Crippen LogP contribution in [0, 0.1) is 10.1 Å². The summed E-state index contributed by atoms with van der Waals surface area (Å²) in [6, 6.07) is 13.2. The van der Waals surface area contributed by atoms with Crippen LogP contribution in [0.3, 0.4) is 0 Å². The van der Waals surface area contributed by atoms with Crippen LogP contribution in [0.25, 0.3) is 10.6 Å². The molecule has 1 amide bonds. The van der Waals surface area contributed by atoms with Gasteiger partial charge in [-0.1, -0.05) is 11.3 Å². The molecular weight excluding hydrogens is 354 g/mol. The number of nitro benzene ring substituents is 1. The molecule has 132 valence electrons. The van der Waals surface area contributed by atoms with E-state index >= 15 is 0 Å². The lowest BCUT2D eigenvalue weighted by Gasteiger charge is -2.12. The number of amides is 1. The highest BCUT2D eigenvalue weighted by atomic mass is 32.1. The normalized spacial score (nSPS) is 10.4. The summed E-state index contributed by atoms with van der Waals surface area (Å²) in [5, 5.41) is 22.3. The summed E-state index contributed by atoms with van der Waals surface area (Å²) in [6.07, 6.45) is 0. The number of nitrogens with one attached hydrogen (secondary N) is 1. The van der Waals surface area contributed by atoms with Gasteiger partial charge in [-0.3, -0.25) is 20.2 Å². The van der Waals surface area contributed by atoms with Crippen molar-refractivity contribution in [1.82, 2.24) is 10.2 Å². The fourth-order valence-corrected chi connectivity index (χ4v) is 2.94. The third-order valence-electron chi connectivity index (χ3n) is 3.62. The van der Waals surface area contributed by atoms with Crippen LogP contribution in [0.2, 0.25) is 0 Å². The Hall–Kier alpha value is -3.33. The smallest absolute Gasteiger partial charge is 0.269 e. The van der Waals surface area contributed by atoms with E-state index in [1.807, 2.05) is 31.1 Å². The maximum Gasteiger partial charge on any atom is 0.269 e. The molecule has 1 N–H and O–H groups in total. The average Bonchev–Trinajstić information content (AvgIpc) is 3.10. The van der Waals surface area contributed by atoms with Crippen molar-refractivity contribution in [3.63, 3.8) is 0 Å². The van der Waals surface area contributed by atoms with Gasteiger partial charge in [-0.2, -0.15) is 0 Å². The number of hydrogen-bond acceptors (Lipinski definition) is 7. The summed E-state index contributed by atoms with van der Waals surface area (Å²) in [5.41, 5.74) is 2.22. The molecule has 0 aliphatic carbocycles. The number of aromatic nitrogens is 2. The van der Waals surface area contributed by atoms with E-state index in [1.165, 1.54) is 23.5 Å². The van der Waals surface area contributed by atoms with E-state index < -0.39 is 4.92 Å². The Labute approximate surface area is 153 Å². The molecule has 0 saturated carbocycles. The molecule has 0 atom stereocenters. The molecule has 0 fully saturated rings. The number of anilines is 2. The van der Waals surface area contributed by atoms with Gasteiger partial charge in [0.2, 0.25) is 5.13 Å². The lowest BCUT2D eigenvalue weighted by molar-refractivity contribution is -0.384. The topological polar surface area (TPSA) is 101 Å². The van der Waals surface area contributed by atoms with Crippen molar-refractivity contribution in [2.24, 2.45) is 0 Å². The summed E-state index contributed by atoms with van der Waals surface area (Å²) >= 11 is 1.20. The first kappa shape index (κ1) is 17.5. The standard InChI is InChI=1S/C17H15N5O3S/c1-21(2)13-7-3-11(4-8-13)15(23)18-17-20-19-16(26-17)12-5-9-14(10-6-12)22(24)25/h3-10H,1-2H3,(H,18,20,23). The second-order valence-corrected chi connectivity index (χ2v) is 6.59. The molecule has 8 nitrogen and oxygen atoms in total. The van der Waals surface area contributed by atoms with Crippen LogP contribution in [0.5, 0.6) is 0 Å². The van der Waals surface area contributed by atoms with E-state index in [4.69, 9.17) is 0 Å². The Morgan fingerprint density at radius 2 is 1.73 bits per heavy atom. The van der Waals surface area contributed by atoms with Crippen LogP contribution in [0.4, 0.5) is 16.5 Å². The molecule has 0 unspecified atom stereocenters. The second-order valence-electron chi connectivity index (χ2n) is 5.61. The predicted octanol–water partition coefficient (Wildman–Crippen LogP) is 3.43. The van der Waals surface area contributed by atoms with Crippen molar-refractivity contribution in [3.8, 4) is 10.6 Å². The van der Waals surface area contributed by atoms with Crippen molar-refractivity contribution in [3.05, 3.63) is 64.2 Å². The van der Waals surface area contributed by atoms with Crippen LogP contribution in [-0.4, -0.2) is 35.1 Å². The zero-order valence-electron chi connectivity index (χ0n) is 14.0. The van der Waals surface area contributed by atoms with Crippen LogP contribution < -0.4 is 10.2 Å². The summed E-state index contributed by atoms with van der Waals surface area (Å²) in [7, 11) is 3.85. The molecule has 0 aliphatic rings. The number of nitro groups is 1. The van der Waals surface area contributed by atoms with Crippen molar-refractivity contribution in [1.29, 1.82) is 0 Å². The van der Waals surface area contributed by atoms with Gasteiger partial charge in [0.15, 0.2) is 0 Å². The zero-order chi connectivity index (χ0) is 18.7. The molecule has 3 aromatic rings. The SMILES string of the molecule is CN(C)c1ccc(C(=O)Nc2nnc(-c3ccc([N+](=O)[O-])cc3)s2)cc1. The highest BCUT2D eigenvalue weighted by Gasteiger charge is 2.13. The molecule has 3 rings (SSSR count). The molecular formula is C17H15N5O3S. The Morgan fingerprint density at radius 1 is 1.08 bits per heavy atom. The molecule has 0 radical (unpaired) electrons. The first-order valence-electron chi connectivity index (χ1n) is 7.61. The number of carbonyl (C=O) groups excluding carboxylic acids is 1. The number of rotatable bonds is 5. The van der Waals surface area contributed by atoms with E-state index in [1.54, 1.807) is 24.3 Å². The third kappa shape index (κ3) is 3.83. The van der Waals surface area contributed by atoms with Gasteiger partial charge >= 0.3 is 0 Å². The number of nitrogens with zero attached hydrogens (tertiary/aromatic N) is 4. The zero-order valence-corrected chi connectivity index (χ0v) is 14.9. The Morgan fingerprint density at radius 3 is 2.31 bits per heavy atom. The fraction of sp³-hybridized carbons (Fsp3) is 0.118. The summed E-state index contributed by atoms with van der Waals surface area (Å²) < 4.78 is 0. The van der Waals surface area contributed by atoms with Gasteiger partial charge in [0, 0.05) is 43.0 Å². The van der Waals surface area contributed by atoms with Crippen molar-refractivity contribution in [2.45, 2.75) is 0 Å². The van der Waals surface area contributed by atoms with Gasteiger partial charge in [-0.15, -0.1) is 10.2 Å². The molecule has 9 heteroatoms. The fourth-order valence-electron chi connectivity index (χ4n) is 2.20. The highest BCUT2D eigenvalue weighted by Crippen LogP contribution is 2.28. The lowest BCUT2D eigenvalue weighted by Crippen LogP contribution is -2.13. The van der Waals surface area contributed by atoms with Crippen LogP contribution in [0.15, 0.2) is 48.5 Å². The van der Waals surface area contributed by atoms with Crippen molar-refractivity contribution < 1.29 is 9.72 Å². The lowest BCUT2D eigenvalue weighted by atomic mass is 10.2. The van der Waals surface area contributed by atoms with Crippen LogP contribution in [-0.2, 0) is 0 Å². The Bertz CT molecular complexity index is 936. The summed E-state index contributed by atoms with van der Waals surface area (Å²) in [4.78, 5) is 24.5. The molecule has 1 heterocycles. The van der Waals surface area contributed by atoms with E-state index in [2.05, 4.69) is 15.5 Å². The first-order valence-corrected chi connectivity index (χ1v) is 8.43.